The zero-order chi connectivity index (χ0) is 11.9. The minimum Gasteiger partial charge on any atom is -0.406 e. The zero-order valence-corrected chi connectivity index (χ0v) is 8.85. The van der Waals surface area contributed by atoms with Gasteiger partial charge in [0.2, 0.25) is 0 Å². The summed E-state index contributed by atoms with van der Waals surface area (Å²) in [5.74, 6) is -0.264. The first kappa shape index (κ1) is 13.8. The van der Waals surface area contributed by atoms with Crippen molar-refractivity contribution in [2.75, 3.05) is 6.26 Å². The standard InChI is InChI=1S/C8H6F3NO.CH4S/c1-12-6-2-4-7(5-3-6)13-8(9,10)11;1-2/h2-5H,1H2;2H,1H3. The van der Waals surface area contributed by atoms with Crippen LogP contribution in [-0.4, -0.2) is 19.3 Å². The number of alkyl halides is 3. The maximum atomic E-state index is 11.7. The van der Waals surface area contributed by atoms with E-state index in [1.807, 2.05) is 0 Å². The minimum absolute atomic E-state index is 0.264. The van der Waals surface area contributed by atoms with Gasteiger partial charge in [-0.1, -0.05) is 0 Å². The normalized spacial score (nSPS) is 9.93. The molecule has 1 aromatic carbocycles. The van der Waals surface area contributed by atoms with Crippen molar-refractivity contribution in [3.63, 3.8) is 0 Å². The highest BCUT2D eigenvalue weighted by molar-refractivity contribution is 7.79. The largest absolute Gasteiger partial charge is 0.573 e. The Morgan fingerprint density at radius 3 is 2.00 bits per heavy atom. The fourth-order valence-corrected chi connectivity index (χ4v) is 0.753. The molecule has 2 nitrogen and oxygen atoms in total. The molecule has 6 heteroatoms. The molecule has 0 amide bonds. The molecule has 0 fully saturated rings. The van der Waals surface area contributed by atoms with E-state index in [2.05, 4.69) is 29.1 Å². The highest BCUT2D eigenvalue weighted by Gasteiger charge is 2.30. The molecule has 0 aromatic heterocycles. The molecule has 0 atom stereocenters. The Morgan fingerprint density at radius 1 is 1.20 bits per heavy atom. The molecule has 0 bridgehead atoms. The predicted octanol–water partition coefficient (Wildman–Crippen LogP) is 3.46. The summed E-state index contributed by atoms with van der Waals surface area (Å²) in [5.41, 5.74) is 0.495. The minimum atomic E-state index is -4.65. The summed E-state index contributed by atoms with van der Waals surface area (Å²) in [6.07, 6.45) is -2.96. The SMILES string of the molecule is C=Nc1ccc(OC(F)(F)F)cc1.CS. The van der Waals surface area contributed by atoms with Crippen LogP contribution in [-0.2, 0) is 0 Å². The lowest BCUT2D eigenvalue weighted by atomic mass is 10.3. The van der Waals surface area contributed by atoms with Gasteiger partial charge in [-0.2, -0.15) is 12.6 Å². The Kier molecular flexibility index (Phi) is 5.84. The molecule has 84 valence electrons. The smallest absolute Gasteiger partial charge is 0.406 e. The summed E-state index contributed by atoms with van der Waals surface area (Å²) in [7, 11) is 0. The van der Waals surface area contributed by atoms with Crippen LogP contribution in [0.1, 0.15) is 0 Å². The average molecular weight is 237 g/mol. The number of halogens is 3. The van der Waals surface area contributed by atoms with Gasteiger partial charge in [0.05, 0.1) is 5.69 Å². The highest BCUT2D eigenvalue weighted by atomic mass is 32.1. The van der Waals surface area contributed by atoms with Gasteiger partial charge in [0.25, 0.3) is 0 Å². The average Bonchev–Trinajstić information content (AvgIpc) is 2.20. The van der Waals surface area contributed by atoms with E-state index in [1.54, 1.807) is 6.26 Å². The Bertz CT molecular complexity index is 297. The van der Waals surface area contributed by atoms with Crippen LogP contribution in [0.5, 0.6) is 5.75 Å². The lowest BCUT2D eigenvalue weighted by molar-refractivity contribution is -0.274. The number of hydrogen-bond acceptors (Lipinski definition) is 3. The third-order valence-electron chi connectivity index (χ3n) is 1.25. The number of thiol groups is 1. The van der Waals surface area contributed by atoms with Crippen LogP contribution in [0.4, 0.5) is 18.9 Å². The molecule has 0 N–H and O–H groups in total. The molecular weight excluding hydrogens is 227 g/mol. The molecule has 0 aliphatic rings. The highest BCUT2D eigenvalue weighted by Crippen LogP contribution is 2.24. The molecule has 1 aromatic rings. The summed E-state index contributed by atoms with van der Waals surface area (Å²) in [4.78, 5) is 3.52. The first-order valence-electron chi connectivity index (χ1n) is 3.78. The molecule has 0 aliphatic carbocycles. The quantitative estimate of drug-likeness (QED) is 0.617. The summed E-state index contributed by atoms with van der Waals surface area (Å²) in [6.45, 7) is 3.22. The van der Waals surface area contributed by atoms with Crippen molar-refractivity contribution in [3.05, 3.63) is 24.3 Å². The van der Waals surface area contributed by atoms with Crippen LogP contribution in [0.25, 0.3) is 0 Å². The topological polar surface area (TPSA) is 21.6 Å². The predicted molar refractivity (Wildman–Crippen MR) is 57.2 cm³/mol. The van der Waals surface area contributed by atoms with Crippen LogP contribution >= 0.6 is 12.6 Å². The van der Waals surface area contributed by atoms with Crippen molar-refractivity contribution in [1.29, 1.82) is 0 Å². The molecule has 0 saturated carbocycles. The van der Waals surface area contributed by atoms with Gasteiger partial charge in [-0.15, -0.1) is 13.2 Å². The van der Waals surface area contributed by atoms with E-state index < -0.39 is 6.36 Å². The second-order valence-electron chi connectivity index (χ2n) is 2.20. The van der Waals surface area contributed by atoms with E-state index >= 15 is 0 Å². The first-order chi connectivity index (χ1) is 7.01. The van der Waals surface area contributed by atoms with E-state index in [9.17, 15) is 13.2 Å². The third-order valence-corrected chi connectivity index (χ3v) is 1.25. The van der Waals surface area contributed by atoms with Gasteiger partial charge in [0, 0.05) is 0 Å². The van der Waals surface area contributed by atoms with Crippen LogP contribution in [0.15, 0.2) is 29.3 Å². The third kappa shape index (κ3) is 6.01. The van der Waals surface area contributed by atoms with Crippen molar-refractivity contribution in [2.45, 2.75) is 6.36 Å². The molecule has 0 unspecified atom stereocenters. The van der Waals surface area contributed by atoms with Crippen molar-refractivity contribution < 1.29 is 17.9 Å². The molecular formula is C9H10F3NOS. The number of hydrogen-bond donors (Lipinski definition) is 1. The van der Waals surface area contributed by atoms with E-state index in [4.69, 9.17) is 0 Å². The molecule has 0 saturated heterocycles. The number of benzene rings is 1. The van der Waals surface area contributed by atoms with Crippen molar-refractivity contribution in [3.8, 4) is 5.75 Å². The van der Waals surface area contributed by atoms with Gasteiger partial charge in [-0.3, -0.25) is 4.99 Å². The second kappa shape index (κ2) is 6.34. The lowest BCUT2D eigenvalue weighted by Gasteiger charge is -2.07. The van der Waals surface area contributed by atoms with E-state index in [0.29, 0.717) is 5.69 Å². The van der Waals surface area contributed by atoms with Gasteiger partial charge >= 0.3 is 6.36 Å². The van der Waals surface area contributed by atoms with Gasteiger partial charge < -0.3 is 4.74 Å². The van der Waals surface area contributed by atoms with Gasteiger partial charge in [0.1, 0.15) is 5.75 Å². The summed E-state index contributed by atoms with van der Waals surface area (Å²) in [5, 5.41) is 0. The van der Waals surface area contributed by atoms with Crippen molar-refractivity contribution >= 4 is 25.0 Å². The van der Waals surface area contributed by atoms with E-state index in [0.717, 1.165) is 0 Å². The number of nitrogens with zero attached hydrogens (tertiary/aromatic N) is 1. The van der Waals surface area contributed by atoms with Crippen molar-refractivity contribution in [2.24, 2.45) is 4.99 Å². The van der Waals surface area contributed by atoms with E-state index in [1.165, 1.54) is 24.3 Å². The Morgan fingerprint density at radius 2 is 1.67 bits per heavy atom. The molecule has 15 heavy (non-hydrogen) atoms. The second-order valence-corrected chi connectivity index (χ2v) is 2.20. The summed E-state index contributed by atoms with van der Waals surface area (Å²) >= 11 is 3.53. The Labute approximate surface area is 91.2 Å². The monoisotopic (exact) mass is 237 g/mol. The summed E-state index contributed by atoms with van der Waals surface area (Å²) in [6, 6.07) is 5.12. The van der Waals surface area contributed by atoms with Gasteiger partial charge in [-0.05, 0) is 37.2 Å². The van der Waals surface area contributed by atoms with Crippen LogP contribution in [0, 0.1) is 0 Å². The lowest BCUT2D eigenvalue weighted by Crippen LogP contribution is -2.16. The number of ether oxygens (including phenoxy) is 1. The fraction of sp³-hybridized carbons (Fsp3) is 0.222. The fourth-order valence-electron chi connectivity index (χ4n) is 0.753. The van der Waals surface area contributed by atoms with Crippen LogP contribution < -0.4 is 4.74 Å². The van der Waals surface area contributed by atoms with Crippen LogP contribution in [0.3, 0.4) is 0 Å². The first-order valence-corrected chi connectivity index (χ1v) is 4.68. The molecule has 1 rings (SSSR count). The Balaban J connectivity index is 0.000000921. The Hall–Kier alpha value is -1.17. The number of rotatable bonds is 2. The van der Waals surface area contributed by atoms with Crippen LogP contribution in [0.2, 0.25) is 0 Å². The van der Waals surface area contributed by atoms with Crippen molar-refractivity contribution in [1.82, 2.24) is 0 Å². The van der Waals surface area contributed by atoms with Gasteiger partial charge in [-0.25, -0.2) is 0 Å². The molecule has 0 heterocycles. The van der Waals surface area contributed by atoms with Gasteiger partial charge in [0.15, 0.2) is 0 Å². The number of aliphatic imine (C=N–C) groups is 1. The summed E-state index contributed by atoms with van der Waals surface area (Å²) < 4.78 is 38.6. The molecule has 0 spiro atoms. The molecule has 0 aliphatic heterocycles. The maximum absolute atomic E-state index is 11.7. The molecule has 0 radical (unpaired) electrons. The zero-order valence-electron chi connectivity index (χ0n) is 7.95. The van der Waals surface area contributed by atoms with E-state index in [-0.39, 0.29) is 5.75 Å². The maximum Gasteiger partial charge on any atom is 0.573 e.